The lowest BCUT2D eigenvalue weighted by atomic mass is 10.1. The van der Waals surface area contributed by atoms with Crippen LogP contribution in [0.2, 0.25) is 5.02 Å². The summed E-state index contributed by atoms with van der Waals surface area (Å²) in [5, 5.41) is 15.9. The molecule has 3 heterocycles. The molecule has 2 aromatic carbocycles. The smallest absolute Gasteiger partial charge is 0.235 e. The van der Waals surface area contributed by atoms with Crippen LogP contribution in [0.5, 0.6) is 5.75 Å². The number of aryl methyl sites for hydroxylation is 1. The van der Waals surface area contributed by atoms with Gasteiger partial charge in [-0.05, 0) is 51.1 Å². The molecule has 146 valence electrons. The third-order valence-electron chi connectivity index (χ3n) is 4.74. The molecular formula is C21H17ClN4O2S. The summed E-state index contributed by atoms with van der Waals surface area (Å²) >= 11 is 7.40. The highest BCUT2D eigenvalue weighted by Crippen LogP contribution is 2.35. The van der Waals surface area contributed by atoms with E-state index in [4.69, 9.17) is 25.9 Å². The van der Waals surface area contributed by atoms with Crippen molar-refractivity contribution in [3.8, 4) is 17.3 Å². The van der Waals surface area contributed by atoms with E-state index in [-0.39, 0.29) is 0 Å². The maximum Gasteiger partial charge on any atom is 0.235 e. The number of nitrogens with zero attached hydrogens (tertiary/aromatic N) is 4. The molecule has 0 N–H and O–H groups in total. The normalized spacial score (nSPS) is 12.1. The maximum atomic E-state index is 6.16. The molecule has 0 spiro atoms. The van der Waals surface area contributed by atoms with Crippen LogP contribution in [-0.2, 0) is 5.60 Å². The lowest BCUT2D eigenvalue weighted by Gasteiger charge is -2.23. The Morgan fingerprint density at radius 3 is 2.59 bits per heavy atom. The third kappa shape index (κ3) is 3.07. The molecule has 8 heteroatoms. The van der Waals surface area contributed by atoms with Crippen LogP contribution in [0, 0.1) is 6.92 Å². The van der Waals surface area contributed by atoms with Crippen LogP contribution in [0.15, 0.2) is 52.9 Å². The highest BCUT2D eigenvalue weighted by Gasteiger charge is 2.30. The number of para-hydroxylation sites is 1. The monoisotopic (exact) mass is 424 g/mol. The summed E-state index contributed by atoms with van der Waals surface area (Å²) in [7, 11) is 0. The van der Waals surface area contributed by atoms with E-state index < -0.39 is 5.60 Å². The summed E-state index contributed by atoms with van der Waals surface area (Å²) in [5.41, 5.74) is 1.18. The first-order chi connectivity index (χ1) is 13.9. The van der Waals surface area contributed by atoms with Crippen molar-refractivity contribution >= 4 is 38.9 Å². The van der Waals surface area contributed by atoms with E-state index in [1.165, 1.54) is 11.3 Å². The largest absolute Gasteiger partial charge is 0.481 e. The Bertz CT molecular complexity index is 1330. The summed E-state index contributed by atoms with van der Waals surface area (Å²) in [5.74, 6) is 1.98. The van der Waals surface area contributed by atoms with Gasteiger partial charge in [-0.25, -0.2) is 0 Å². The minimum atomic E-state index is -0.653. The zero-order valence-corrected chi connectivity index (χ0v) is 17.6. The molecule has 3 aromatic heterocycles. The first-order valence-electron chi connectivity index (χ1n) is 9.08. The molecule has 0 saturated heterocycles. The van der Waals surface area contributed by atoms with Crippen molar-refractivity contribution < 1.29 is 9.15 Å². The second kappa shape index (κ2) is 6.57. The molecule has 0 unspecified atom stereocenters. The molecule has 0 saturated carbocycles. The summed E-state index contributed by atoms with van der Waals surface area (Å²) in [6, 6.07) is 15.2. The molecule has 0 aliphatic rings. The molecule has 5 aromatic rings. The van der Waals surface area contributed by atoms with E-state index in [9.17, 15) is 0 Å². The highest BCUT2D eigenvalue weighted by molar-refractivity contribution is 7.16. The average Bonchev–Trinajstić information content (AvgIpc) is 3.37. The Kier molecular flexibility index (Phi) is 4.11. The number of halogens is 1. The van der Waals surface area contributed by atoms with Crippen molar-refractivity contribution in [1.82, 2.24) is 19.8 Å². The maximum absolute atomic E-state index is 6.16. The van der Waals surface area contributed by atoms with Gasteiger partial charge in [0.15, 0.2) is 16.4 Å². The van der Waals surface area contributed by atoms with E-state index in [1.54, 1.807) is 16.6 Å². The molecule has 0 radical (unpaired) electrons. The molecule has 0 fully saturated rings. The zero-order chi connectivity index (χ0) is 20.2. The highest BCUT2D eigenvalue weighted by atomic mass is 35.5. The lowest BCUT2D eigenvalue weighted by molar-refractivity contribution is 0.107. The van der Waals surface area contributed by atoms with Crippen molar-refractivity contribution in [2.24, 2.45) is 0 Å². The van der Waals surface area contributed by atoms with Crippen LogP contribution in [-0.4, -0.2) is 19.8 Å². The molecule has 29 heavy (non-hydrogen) atoms. The summed E-state index contributed by atoms with van der Waals surface area (Å²) in [4.78, 5) is 0.683. The van der Waals surface area contributed by atoms with E-state index in [0.29, 0.717) is 21.6 Å². The van der Waals surface area contributed by atoms with Crippen LogP contribution < -0.4 is 4.74 Å². The van der Waals surface area contributed by atoms with Gasteiger partial charge in [0.25, 0.3) is 0 Å². The minimum absolute atomic E-state index is 0.582. The topological polar surface area (TPSA) is 65.5 Å². The van der Waals surface area contributed by atoms with Gasteiger partial charge in [0.05, 0.1) is 0 Å². The van der Waals surface area contributed by atoms with E-state index in [0.717, 1.165) is 27.3 Å². The van der Waals surface area contributed by atoms with Gasteiger partial charge in [-0.15, -0.1) is 10.2 Å². The fourth-order valence-electron chi connectivity index (χ4n) is 3.23. The number of hydrogen-bond donors (Lipinski definition) is 0. The fourth-order valence-corrected chi connectivity index (χ4v) is 4.23. The number of aromatic nitrogens is 4. The standard InChI is InChI=1S/C21H17ClN4O2S/c1-12-15-6-4-5-7-16(15)27-17(12)18-23-24-20-26(18)25-19(29-20)21(2,3)28-14-10-8-13(22)9-11-14/h4-11H,1-3H3. The molecule has 0 atom stereocenters. The number of furan rings is 1. The van der Waals surface area contributed by atoms with Crippen molar-refractivity contribution in [3.05, 3.63) is 64.1 Å². The fraction of sp³-hybridized carbons (Fsp3) is 0.190. The Hall–Kier alpha value is -2.90. The van der Waals surface area contributed by atoms with Crippen LogP contribution in [0.1, 0.15) is 24.4 Å². The Labute approximate surface area is 175 Å². The average molecular weight is 425 g/mol. The van der Waals surface area contributed by atoms with Crippen LogP contribution in [0.4, 0.5) is 0 Å². The van der Waals surface area contributed by atoms with Gasteiger partial charge in [0.1, 0.15) is 11.3 Å². The number of ether oxygens (including phenoxy) is 1. The molecule has 6 nitrogen and oxygen atoms in total. The summed E-state index contributed by atoms with van der Waals surface area (Å²) in [6.45, 7) is 5.96. The first kappa shape index (κ1) is 18.1. The SMILES string of the molecule is Cc1c(-c2nnc3sc(C(C)(C)Oc4ccc(Cl)cc4)nn23)oc2ccccc12. The Morgan fingerprint density at radius 1 is 1.07 bits per heavy atom. The Balaban J connectivity index is 1.55. The van der Waals surface area contributed by atoms with Crippen LogP contribution >= 0.6 is 22.9 Å². The van der Waals surface area contributed by atoms with Gasteiger partial charge >= 0.3 is 0 Å². The van der Waals surface area contributed by atoms with Gasteiger partial charge in [-0.1, -0.05) is 41.1 Å². The lowest BCUT2D eigenvalue weighted by Crippen LogP contribution is -2.25. The molecular weight excluding hydrogens is 408 g/mol. The van der Waals surface area contributed by atoms with Crippen molar-refractivity contribution in [2.75, 3.05) is 0 Å². The van der Waals surface area contributed by atoms with Gasteiger partial charge in [-0.3, -0.25) is 0 Å². The molecule has 0 bridgehead atoms. The molecule has 0 amide bonds. The number of benzene rings is 2. The van der Waals surface area contributed by atoms with Gasteiger partial charge in [-0.2, -0.15) is 9.61 Å². The van der Waals surface area contributed by atoms with E-state index in [1.807, 2.05) is 57.2 Å². The Morgan fingerprint density at radius 2 is 1.83 bits per heavy atom. The zero-order valence-electron chi connectivity index (χ0n) is 16.0. The van der Waals surface area contributed by atoms with Gasteiger partial charge < -0.3 is 9.15 Å². The van der Waals surface area contributed by atoms with Gasteiger partial charge in [0, 0.05) is 16.0 Å². The molecule has 0 aliphatic heterocycles. The predicted molar refractivity (Wildman–Crippen MR) is 114 cm³/mol. The second-order valence-corrected chi connectivity index (χ2v) is 8.64. The molecule has 5 rings (SSSR count). The number of fused-ring (bicyclic) bond motifs is 2. The van der Waals surface area contributed by atoms with E-state index >= 15 is 0 Å². The summed E-state index contributed by atoms with van der Waals surface area (Å²) < 4.78 is 13.9. The second-order valence-electron chi connectivity index (χ2n) is 7.24. The minimum Gasteiger partial charge on any atom is -0.481 e. The third-order valence-corrected chi connectivity index (χ3v) is 6.20. The van der Waals surface area contributed by atoms with Crippen LogP contribution in [0.3, 0.4) is 0 Å². The van der Waals surface area contributed by atoms with E-state index in [2.05, 4.69) is 10.2 Å². The predicted octanol–water partition coefficient (Wildman–Crippen LogP) is 5.87. The van der Waals surface area contributed by atoms with Gasteiger partial charge in [0.2, 0.25) is 10.8 Å². The number of hydrogen-bond acceptors (Lipinski definition) is 6. The first-order valence-corrected chi connectivity index (χ1v) is 10.3. The summed E-state index contributed by atoms with van der Waals surface area (Å²) in [6.07, 6.45) is 0. The van der Waals surface area contributed by atoms with Crippen molar-refractivity contribution in [3.63, 3.8) is 0 Å². The van der Waals surface area contributed by atoms with Crippen molar-refractivity contribution in [1.29, 1.82) is 0 Å². The molecule has 0 aliphatic carbocycles. The number of rotatable bonds is 4. The van der Waals surface area contributed by atoms with Crippen LogP contribution in [0.25, 0.3) is 27.5 Å². The quantitative estimate of drug-likeness (QED) is 0.360. The van der Waals surface area contributed by atoms with Crippen molar-refractivity contribution in [2.45, 2.75) is 26.4 Å².